The van der Waals surface area contributed by atoms with Crippen LogP contribution in [0.3, 0.4) is 0 Å². The van der Waals surface area contributed by atoms with E-state index in [1.165, 1.54) is 0 Å². The molecule has 0 bridgehead atoms. The number of rotatable bonds is 4. The minimum atomic E-state index is -0.602. The second-order valence-electron chi connectivity index (χ2n) is 6.87. The van der Waals surface area contributed by atoms with Crippen molar-refractivity contribution in [3.63, 3.8) is 0 Å². The Balaban J connectivity index is 2.16. The van der Waals surface area contributed by atoms with Crippen LogP contribution in [0.2, 0.25) is 0 Å². The third kappa shape index (κ3) is 3.95. The average Bonchev–Trinajstić information content (AvgIpc) is 2.97. The molecule has 1 saturated carbocycles. The van der Waals surface area contributed by atoms with Crippen LogP contribution in [0.15, 0.2) is 5.16 Å². The van der Waals surface area contributed by atoms with Crippen molar-refractivity contribution in [1.29, 1.82) is 0 Å². The largest absolute Gasteiger partial charge is 0.466 e. The third-order valence-electron chi connectivity index (χ3n) is 4.03. The van der Waals surface area contributed by atoms with Crippen molar-refractivity contribution in [2.24, 2.45) is 17.0 Å². The molecule has 1 amide bonds. The van der Waals surface area contributed by atoms with E-state index in [2.05, 4.69) is 10.5 Å². The zero-order chi connectivity index (χ0) is 17.2. The molecular formula is C16H26N2O5. The summed E-state index contributed by atoms with van der Waals surface area (Å²) in [5, 5.41) is 6.92. The Labute approximate surface area is 136 Å². The summed E-state index contributed by atoms with van der Waals surface area (Å²) >= 11 is 0. The molecule has 0 saturated heterocycles. The summed E-state index contributed by atoms with van der Waals surface area (Å²) in [5.74, 6) is -0.876. The first-order valence-electron chi connectivity index (χ1n) is 8.15. The summed E-state index contributed by atoms with van der Waals surface area (Å²) in [6, 6.07) is -0.421. The molecule has 1 heterocycles. The van der Waals surface area contributed by atoms with Crippen molar-refractivity contribution in [1.82, 2.24) is 5.32 Å². The van der Waals surface area contributed by atoms with Gasteiger partial charge in [-0.1, -0.05) is 12.1 Å². The van der Waals surface area contributed by atoms with Crippen molar-refractivity contribution >= 4 is 17.8 Å². The van der Waals surface area contributed by atoms with Crippen molar-refractivity contribution in [3.05, 3.63) is 0 Å². The molecule has 2 aliphatic rings. The predicted octanol–water partition coefficient (Wildman–Crippen LogP) is 2.24. The maximum atomic E-state index is 12.2. The topological polar surface area (TPSA) is 86.2 Å². The minimum Gasteiger partial charge on any atom is -0.466 e. The lowest BCUT2D eigenvalue weighted by atomic mass is 9.92. The van der Waals surface area contributed by atoms with Crippen LogP contribution in [0, 0.1) is 11.8 Å². The molecule has 1 aliphatic heterocycles. The lowest BCUT2D eigenvalue weighted by Gasteiger charge is -2.26. The van der Waals surface area contributed by atoms with Crippen LogP contribution in [0.4, 0.5) is 4.79 Å². The van der Waals surface area contributed by atoms with Gasteiger partial charge in [0.1, 0.15) is 11.7 Å². The Morgan fingerprint density at radius 1 is 1.35 bits per heavy atom. The number of alkyl carbamates (subject to hydrolysis) is 1. The first kappa shape index (κ1) is 17.6. The number of ether oxygens (including phenoxy) is 2. The number of carbonyl (C=O) groups is 2. The van der Waals surface area contributed by atoms with Gasteiger partial charge in [0.2, 0.25) is 0 Å². The Morgan fingerprint density at radius 2 is 2.04 bits per heavy atom. The monoisotopic (exact) mass is 326 g/mol. The Morgan fingerprint density at radius 3 is 2.61 bits per heavy atom. The van der Waals surface area contributed by atoms with Crippen LogP contribution in [0.25, 0.3) is 0 Å². The molecule has 0 aromatic carbocycles. The van der Waals surface area contributed by atoms with Crippen molar-refractivity contribution in [2.45, 2.75) is 65.2 Å². The first-order chi connectivity index (χ1) is 10.8. The highest BCUT2D eigenvalue weighted by atomic mass is 16.6. The van der Waals surface area contributed by atoms with E-state index in [9.17, 15) is 9.59 Å². The van der Waals surface area contributed by atoms with E-state index in [1.54, 1.807) is 27.7 Å². The summed E-state index contributed by atoms with van der Waals surface area (Å²) < 4.78 is 10.5. The van der Waals surface area contributed by atoms with Gasteiger partial charge in [-0.3, -0.25) is 4.79 Å². The zero-order valence-corrected chi connectivity index (χ0v) is 14.4. The van der Waals surface area contributed by atoms with Gasteiger partial charge in [0, 0.05) is 6.42 Å². The number of hydrogen-bond acceptors (Lipinski definition) is 6. The molecule has 0 spiro atoms. The van der Waals surface area contributed by atoms with Crippen LogP contribution in [-0.2, 0) is 19.1 Å². The molecular weight excluding hydrogens is 300 g/mol. The average molecular weight is 326 g/mol. The van der Waals surface area contributed by atoms with Crippen LogP contribution in [0.1, 0.15) is 47.5 Å². The van der Waals surface area contributed by atoms with Crippen LogP contribution < -0.4 is 5.32 Å². The predicted molar refractivity (Wildman–Crippen MR) is 84.0 cm³/mol. The number of carbonyl (C=O) groups excluding carboxylic acids is 2. The maximum Gasteiger partial charge on any atom is 0.407 e. The normalized spacial score (nSPS) is 29.3. The van der Waals surface area contributed by atoms with Gasteiger partial charge in [0.15, 0.2) is 0 Å². The molecule has 23 heavy (non-hydrogen) atoms. The van der Waals surface area contributed by atoms with Gasteiger partial charge in [0.05, 0.1) is 30.2 Å². The molecule has 4 atom stereocenters. The Kier molecular flexibility index (Phi) is 5.16. The summed E-state index contributed by atoms with van der Waals surface area (Å²) in [7, 11) is 0. The number of oxime groups is 1. The lowest BCUT2D eigenvalue weighted by Crippen LogP contribution is -2.48. The molecule has 1 N–H and O–H groups in total. The van der Waals surface area contributed by atoms with Gasteiger partial charge in [0.25, 0.3) is 0 Å². The van der Waals surface area contributed by atoms with Gasteiger partial charge in [-0.15, -0.1) is 0 Å². The van der Waals surface area contributed by atoms with Gasteiger partial charge in [-0.2, -0.15) is 0 Å². The summed E-state index contributed by atoms with van der Waals surface area (Å²) in [5.41, 5.74) is 0.262. The molecule has 1 unspecified atom stereocenters. The highest BCUT2D eigenvalue weighted by Crippen LogP contribution is 2.40. The zero-order valence-electron chi connectivity index (χ0n) is 14.4. The molecule has 7 nitrogen and oxygen atoms in total. The van der Waals surface area contributed by atoms with E-state index in [1.807, 2.05) is 6.92 Å². The SMILES string of the molecule is CCOC(=O)[C@H]1C[C@H]2ON=C(CC)C2[C@@H]1NC(=O)OC(C)(C)C. The van der Waals surface area contributed by atoms with Gasteiger partial charge < -0.3 is 19.6 Å². The van der Waals surface area contributed by atoms with Gasteiger partial charge >= 0.3 is 12.1 Å². The second kappa shape index (κ2) is 6.76. The lowest BCUT2D eigenvalue weighted by molar-refractivity contribution is -0.148. The summed E-state index contributed by atoms with van der Waals surface area (Å²) in [4.78, 5) is 29.8. The molecule has 130 valence electrons. The van der Waals surface area contributed by atoms with Crippen LogP contribution in [0.5, 0.6) is 0 Å². The maximum absolute atomic E-state index is 12.2. The number of esters is 1. The standard InChI is InChI=1S/C16H26N2O5/c1-6-10-12-11(23-18-10)8-9(14(19)21-7-2)13(12)17-15(20)22-16(3,4)5/h9,11-13H,6-8H2,1-5H3,(H,17,20)/t9-,11+,12?,13+/m0/s1. The molecule has 7 heteroatoms. The van der Waals surface area contributed by atoms with Crippen molar-refractivity contribution < 1.29 is 23.9 Å². The smallest absolute Gasteiger partial charge is 0.407 e. The number of amides is 1. The van der Waals surface area contributed by atoms with E-state index in [0.29, 0.717) is 19.4 Å². The van der Waals surface area contributed by atoms with E-state index < -0.39 is 23.7 Å². The van der Waals surface area contributed by atoms with E-state index in [-0.39, 0.29) is 18.0 Å². The fourth-order valence-electron chi connectivity index (χ4n) is 3.18. The number of fused-ring (bicyclic) bond motifs is 1. The highest BCUT2D eigenvalue weighted by Gasteiger charge is 2.53. The molecule has 0 aromatic heterocycles. The van der Waals surface area contributed by atoms with Crippen LogP contribution in [-0.4, -0.2) is 42.1 Å². The number of nitrogens with one attached hydrogen (secondary N) is 1. The number of hydrogen-bond donors (Lipinski definition) is 1. The first-order valence-corrected chi connectivity index (χ1v) is 8.15. The molecule has 1 aliphatic carbocycles. The van der Waals surface area contributed by atoms with Gasteiger partial charge in [-0.05, 0) is 34.1 Å². The molecule has 1 fully saturated rings. The molecule has 2 rings (SSSR count). The van der Waals surface area contributed by atoms with Gasteiger partial charge in [-0.25, -0.2) is 4.79 Å². The molecule has 0 radical (unpaired) electrons. The van der Waals surface area contributed by atoms with Crippen LogP contribution >= 0.6 is 0 Å². The van der Waals surface area contributed by atoms with Crippen molar-refractivity contribution in [3.8, 4) is 0 Å². The second-order valence-corrected chi connectivity index (χ2v) is 6.87. The fraction of sp³-hybridized carbons (Fsp3) is 0.812. The van der Waals surface area contributed by atoms with E-state index in [4.69, 9.17) is 14.3 Å². The number of nitrogens with zero attached hydrogens (tertiary/aromatic N) is 1. The summed E-state index contributed by atoms with van der Waals surface area (Å²) in [6.07, 6.45) is 0.458. The fourth-order valence-corrected chi connectivity index (χ4v) is 3.18. The van der Waals surface area contributed by atoms with E-state index in [0.717, 1.165) is 5.71 Å². The Bertz CT molecular complexity index is 497. The molecule has 0 aromatic rings. The summed E-state index contributed by atoms with van der Waals surface area (Å²) in [6.45, 7) is 9.44. The Hall–Kier alpha value is -1.79. The highest BCUT2D eigenvalue weighted by molar-refractivity contribution is 5.91. The quantitative estimate of drug-likeness (QED) is 0.801. The van der Waals surface area contributed by atoms with Crippen molar-refractivity contribution in [2.75, 3.05) is 6.61 Å². The van der Waals surface area contributed by atoms with E-state index >= 15 is 0 Å². The minimum absolute atomic E-state index is 0.109. The third-order valence-corrected chi connectivity index (χ3v) is 4.03.